The molecule has 3 unspecified atom stereocenters. The SMILES string of the molecule is O=C(NCC1CCOC1C(=O)N1CSCC1C(=O)O)OCC1c2ccccc2-c2ccccc21. The van der Waals surface area contributed by atoms with Gasteiger partial charge >= 0.3 is 12.1 Å². The Morgan fingerprint density at radius 1 is 1.09 bits per heavy atom. The number of carbonyl (C=O) groups excluding carboxylic acids is 2. The van der Waals surface area contributed by atoms with Crippen LogP contribution in [0.3, 0.4) is 0 Å². The first-order valence-corrected chi connectivity index (χ1v) is 12.5. The van der Waals surface area contributed by atoms with Crippen LogP contribution in [-0.2, 0) is 19.1 Å². The second-order valence-corrected chi connectivity index (χ2v) is 9.71. The second-order valence-electron chi connectivity index (χ2n) is 8.71. The fourth-order valence-electron chi connectivity index (χ4n) is 5.01. The third-order valence-electron chi connectivity index (χ3n) is 6.76. The maximum absolute atomic E-state index is 12.9. The molecule has 2 amide bonds. The molecule has 8 nitrogen and oxygen atoms in total. The van der Waals surface area contributed by atoms with Gasteiger partial charge in [0.2, 0.25) is 0 Å². The number of rotatable bonds is 6. The number of nitrogens with one attached hydrogen (secondary N) is 1. The quantitative estimate of drug-likeness (QED) is 0.652. The summed E-state index contributed by atoms with van der Waals surface area (Å²) < 4.78 is 11.2. The summed E-state index contributed by atoms with van der Waals surface area (Å²) in [5.74, 6) is -0.881. The molecule has 2 heterocycles. The molecule has 2 saturated heterocycles. The van der Waals surface area contributed by atoms with Gasteiger partial charge in [0.15, 0.2) is 0 Å². The summed E-state index contributed by atoms with van der Waals surface area (Å²) in [6.07, 6.45) is -0.687. The zero-order chi connectivity index (χ0) is 23.7. The van der Waals surface area contributed by atoms with Gasteiger partial charge in [-0.3, -0.25) is 4.79 Å². The molecule has 0 radical (unpaired) electrons. The van der Waals surface area contributed by atoms with Crippen molar-refractivity contribution >= 4 is 29.7 Å². The molecule has 0 bridgehead atoms. The molecule has 2 fully saturated rings. The van der Waals surface area contributed by atoms with E-state index in [0.717, 1.165) is 22.3 Å². The molecule has 2 aromatic carbocycles. The van der Waals surface area contributed by atoms with E-state index in [4.69, 9.17) is 9.47 Å². The minimum absolute atomic E-state index is 0.0251. The third kappa shape index (κ3) is 4.25. The predicted octanol–water partition coefficient (Wildman–Crippen LogP) is 2.92. The van der Waals surface area contributed by atoms with Gasteiger partial charge in [-0.05, 0) is 28.7 Å². The number of nitrogens with zero attached hydrogens (tertiary/aromatic N) is 1. The lowest BCUT2D eigenvalue weighted by molar-refractivity contribution is -0.152. The summed E-state index contributed by atoms with van der Waals surface area (Å²) in [6.45, 7) is 0.840. The average Bonchev–Trinajstić information content (AvgIpc) is 3.59. The highest BCUT2D eigenvalue weighted by Crippen LogP contribution is 2.44. The fourth-order valence-corrected chi connectivity index (χ4v) is 6.16. The van der Waals surface area contributed by atoms with E-state index < -0.39 is 24.2 Å². The zero-order valence-electron chi connectivity index (χ0n) is 18.5. The molecule has 3 aliphatic rings. The Bertz CT molecular complexity index is 1060. The van der Waals surface area contributed by atoms with Crippen molar-refractivity contribution in [2.45, 2.75) is 24.5 Å². The lowest BCUT2D eigenvalue weighted by Crippen LogP contribution is -2.49. The number of alkyl carbamates (subject to hydrolysis) is 1. The van der Waals surface area contributed by atoms with Crippen LogP contribution in [-0.4, -0.2) is 71.5 Å². The fraction of sp³-hybridized carbons (Fsp3) is 0.400. The number of carbonyl (C=O) groups is 3. The van der Waals surface area contributed by atoms with Crippen LogP contribution in [0.4, 0.5) is 4.79 Å². The Kier molecular flexibility index (Phi) is 6.47. The van der Waals surface area contributed by atoms with E-state index in [2.05, 4.69) is 29.6 Å². The second kappa shape index (κ2) is 9.68. The van der Waals surface area contributed by atoms with Crippen LogP contribution in [0.15, 0.2) is 48.5 Å². The van der Waals surface area contributed by atoms with Crippen molar-refractivity contribution in [2.75, 3.05) is 31.4 Å². The molecule has 3 atom stereocenters. The molecule has 0 saturated carbocycles. The molecule has 9 heteroatoms. The summed E-state index contributed by atoms with van der Waals surface area (Å²) in [6, 6.07) is 15.4. The van der Waals surface area contributed by atoms with Crippen LogP contribution in [0.1, 0.15) is 23.5 Å². The normalized spacial score (nSPS) is 23.4. The van der Waals surface area contributed by atoms with Gasteiger partial charge in [-0.2, -0.15) is 0 Å². The van der Waals surface area contributed by atoms with E-state index in [-0.39, 0.29) is 30.9 Å². The van der Waals surface area contributed by atoms with Crippen molar-refractivity contribution in [3.63, 3.8) is 0 Å². The van der Waals surface area contributed by atoms with Gasteiger partial charge in [0, 0.05) is 30.7 Å². The minimum atomic E-state index is -1.01. The monoisotopic (exact) mass is 482 g/mol. The maximum Gasteiger partial charge on any atom is 0.407 e. The van der Waals surface area contributed by atoms with E-state index >= 15 is 0 Å². The number of thioether (sulfide) groups is 1. The van der Waals surface area contributed by atoms with Crippen molar-refractivity contribution in [3.05, 3.63) is 59.7 Å². The Morgan fingerprint density at radius 3 is 2.44 bits per heavy atom. The summed E-state index contributed by atoms with van der Waals surface area (Å²) in [4.78, 5) is 38.2. The number of benzene rings is 2. The van der Waals surface area contributed by atoms with Crippen molar-refractivity contribution in [3.8, 4) is 11.1 Å². The molecule has 34 heavy (non-hydrogen) atoms. The van der Waals surface area contributed by atoms with Gasteiger partial charge in [0.05, 0.1) is 5.88 Å². The largest absolute Gasteiger partial charge is 0.480 e. The van der Waals surface area contributed by atoms with Gasteiger partial charge in [-0.25, -0.2) is 9.59 Å². The summed E-state index contributed by atoms with van der Waals surface area (Å²) >= 11 is 1.41. The lowest BCUT2D eigenvalue weighted by atomic mass is 9.98. The Hall–Kier alpha value is -3.04. The van der Waals surface area contributed by atoms with E-state index in [9.17, 15) is 19.5 Å². The molecule has 2 aromatic rings. The van der Waals surface area contributed by atoms with Gasteiger partial charge in [0.1, 0.15) is 18.8 Å². The lowest BCUT2D eigenvalue weighted by Gasteiger charge is -2.26. The van der Waals surface area contributed by atoms with Crippen LogP contribution in [0.2, 0.25) is 0 Å². The number of fused-ring (bicyclic) bond motifs is 3. The van der Waals surface area contributed by atoms with E-state index in [1.165, 1.54) is 16.7 Å². The molecule has 178 valence electrons. The number of ether oxygens (including phenoxy) is 2. The molecular weight excluding hydrogens is 456 g/mol. The predicted molar refractivity (Wildman–Crippen MR) is 127 cm³/mol. The highest BCUT2D eigenvalue weighted by molar-refractivity contribution is 7.99. The van der Waals surface area contributed by atoms with E-state index in [0.29, 0.717) is 24.7 Å². The van der Waals surface area contributed by atoms with Crippen LogP contribution >= 0.6 is 11.8 Å². The molecule has 2 aliphatic heterocycles. The molecule has 2 N–H and O–H groups in total. The van der Waals surface area contributed by atoms with Crippen LogP contribution < -0.4 is 5.32 Å². The zero-order valence-corrected chi connectivity index (χ0v) is 19.3. The smallest absolute Gasteiger partial charge is 0.407 e. The first-order valence-electron chi connectivity index (χ1n) is 11.4. The number of carboxylic acids is 1. The van der Waals surface area contributed by atoms with Crippen LogP contribution in [0.5, 0.6) is 0 Å². The van der Waals surface area contributed by atoms with E-state index in [1.54, 1.807) is 0 Å². The standard InChI is InChI=1S/C25H26N2O6S/c28-23(27-14-34-13-21(27)24(29)30)22-15(9-10-32-22)11-26-25(31)33-12-20-18-7-3-1-5-16(18)17-6-2-4-8-19(17)20/h1-8,15,20-22H,9-14H2,(H,26,31)(H,29,30). The first-order chi connectivity index (χ1) is 16.5. The number of hydrogen-bond acceptors (Lipinski definition) is 6. The minimum Gasteiger partial charge on any atom is -0.480 e. The van der Waals surface area contributed by atoms with Crippen molar-refractivity contribution in [2.24, 2.45) is 5.92 Å². The van der Waals surface area contributed by atoms with Gasteiger partial charge < -0.3 is 24.8 Å². The average molecular weight is 483 g/mol. The van der Waals surface area contributed by atoms with Gasteiger partial charge in [0.25, 0.3) is 5.91 Å². The van der Waals surface area contributed by atoms with Crippen LogP contribution in [0, 0.1) is 5.92 Å². The van der Waals surface area contributed by atoms with Gasteiger partial charge in [-0.15, -0.1) is 11.8 Å². The van der Waals surface area contributed by atoms with E-state index in [1.807, 2.05) is 24.3 Å². The van der Waals surface area contributed by atoms with Crippen molar-refractivity contribution < 1.29 is 29.0 Å². The summed E-state index contributed by atoms with van der Waals surface area (Å²) in [7, 11) is 0. The molecule has 0 spiro atoms. The Balaban J connectivity index is 1.17. The Morgan fingerprint density at radius 2 is 1.76 bits per heavy atom. The number of amides is 2. The first kappa shape index (κ1) is 22.7. The summed E-state index contributed by atoms with van der Waals surface area (Å²) in [5.41, 5.74) is 4.61. The number of hydrogen-bond donors (Lipinski definition) is 2. The third-order valence-corrected chi connectivity index (χ3v) is 7.77. The van der Waals surface area contributed by atoms with Gasteiger partial charge in [-0.1, -0.05) is 48.5 Å². The highest BCUT2D eigenvalue weighted by Gasteiger charge is 2.43. The number of carboxylic acid groups (broad SMARTS) is 1. The molecule has 1 aliphatic carbocycles. The topological polar surface area (TPSA) is 105 Å². The maximum atomic E-state index is 12.9. The number of aliphatic carboxylic acids is 1. The van der Waals surface area contributed by atoms with Crippen LogP contribution in [0.25, 0.3) is 11.1 Å². The van der Waals surface area contributed by atoms with Crippen molar-refractivity contribution in [1.82, 2.24) is 10.2 Å². The molecule has 0 aromatic heterocycles. The summed E-state index contributed by atoms with van der Waals surface area (Å²) in [5, 5.41) is 12.1. The Labute approximate surface area is 201 Å². The highest BCUT2D eigenvalue weighted by atomic mass is 32.2. The van der Waals surface area contributed by atoms with Crippen molar-refractivity contribution in [1.29, 1.82) is 0 Å². The molecular formula is C25H26N2O6S. The molecule has 5 rings (SSSR count).